The molecule has 1 amide bonds. The van der Waals surface area contributed by atoms with Crippen LogP contribution in [0.3, 0.4) is 0 Å². The summed E-state index contributed by atoms with van der Waals surface area (Å²) in [5.41, 5.74) is 8.08. The van der Waals surface area contributed by atoms with Crippen LogP contribution in [0.5, 0.6) is 0 Å². The zero-order chi connectivity index (χ0) is 19.8. The molecule has 0 bridgehead atoms. The average Bonchev–Trinajstić information content (AvgIpc) is 2.64. The van der Waals surface area contributed by atoms with Crippen molar-refractivity contribution in [1.82, 2.24) is 5.43 Å². The van der Waals surface area contributed by atoms with Crippen molar-refractivity contribution in [3.63, 3.8) is 0 Å². The quantitative estimate of drug-likeness (QED) is 0.529. The molecule has 4 heteroatoms. The highest BCUT2D eigenvalue weighted by Gasteiger charge is 2.11. The minimum atomic E-state index is -0.377. The van der Waals surface area contributed by atoms with Crippen LogP contribution in [0.1, 0.15) is 50.3 Å². The van der Waals surface area contributed by atoms with Gasteiger partial charge in [-0.3, -0.25) is 4.79 Å². The molecule has 4 nitrogen and oxygen atoms in total. The molecule has 0 radical (unpaired) electrons. The van der Waals surface area contributed by atoms with Crippen LogP contribution in [0.2, 0.25) is 0 Å². The largest absolute Gasteiger partial charge is 0.374 e. The molecular weight excluding hydrogens is 334 g/mol. The van der Waals surface area contributed by atoms with Crippen molar-refractivity contribution < 1.29 is 4.79 Å². The summed E-state index contributed by atoms with van der Waals surface area (Å²) in [7, 11) is 0. The Morgan fingerprint density at radius 3 is 2.22 bits per heavy atom. The summed E-state index contributed by atoms with van der Waals surface area (Å²) >= 11 is 0. The first-order chi connectivity index (χ1) is 12.8. The Morgan fingerprint density at radius 1 is 1.00 bits per heavy atom. The van der Waals surface area contributed by atoms with Gasteiger partial charge in [-0.15, -0.1) is 0 Å². The Labute approximate surface area is 162 Å². The van der Waals surface area contributed by atoms with Gasteiger partial charge in [0.2, 0.25) is 0 Å². The normalized spacial score (nSPS) is 13.0. The van der Waals surface area contributed by atoms with Gasteiger partial charge in [0.1, 0.15) is 6.04 Å². The molecule has 2 N–H and O–H groups in total. The van der Waals surface area contributed by atoms with Gasteiger partial charge in [-0.05, 0) is 55.5 Å². The topological polar surface area (TPSA) is 53.5 Å². The van der Waals surface area contributed by atoms with E-state index in [1.807, 2.05) is 51.1 Å². The number of aryl methyl sites for hydroxylation is 1. The number of nitrogens with one attached hydrogen (secondary N) is 2. The Morgan fingerprint density at radius 2 is 1.63 bits per heavy atom. The third kappa shape index (κ3) is 6.74. The monoisotopic (exact) mass is 363 g/mol. The molecule has 0 aliphatic carbocycles. The second kappa shape index (κ2) is 9.72. The van der Waals surface area contributed by atoms with Crippen LogP contribution in [0.15, 0.2) is 59.2 Å². The zero-order valence-corrected chi connectivity index (χ0v) is 16.8. The van der Waals surface area contributed by atoms with Crippen LogP contribution in [0, 0.1) is 6.92 Å². The second-order valence-corrected chi connectivity index (χ2v) is 7.18. The van der Waals surface area contributed by atoms with Gasteiger partial charge >= 0.3 is 0 Å². The van der Waals surface area contributed by atoms with Gasteiger partial charge in [-0.1, -0.05) is 61.9 Å². The highest BCUT2D eigenvalue weighted by Crippen LogP contribution is 2.16. The van der Waals surface area contributed by atoms with Crippen molar-refractivity contribution in [1.29, 1.82) is 0 Å². The lowest BCUT2D eigenvalue weighted by molar-refractivity contribution is -0.121. The summed E-state index contributed by atoms with van der Waals surface area (Å²) < 4.78 is 0. The SMILES string of the molecule is C/C(C=NNC(=O)[C@H](C)Nc1ccc(C)cc1)=C/c1ccc(C(C)C)cc1. The summed E-state index contributed by atoms with van der Waals surface area (Å²) in [4.78, 5) is 12.1. The molecule has 0 unspecified atom stereocenters. The molecule has 0 heterocycles. The van der Waals surface area contributed by atoms with Crippen molar-refractivity contribution in [3.05, 3.63) is 70.8 Å². The fourth-order valence-electron chi connectivity index (χ4n) is 2.54. The lowest BCUT2D eigenvalue weighted by atomic mass is 10.0. The van der Waals surface area contributed by atoms with Crippen LogP contribution in [-0.2, 0) is 4.79 Å². The van der Waals surface area contributed by atoms with Crippen molar-refractivity contribution in [2.75, 3.05) is 5.32 Å². The van der Waals surface area contributed by atoms with Crippen molar-refractivity contribution in [2.45, 2.75) is 46.6 Å². The fraction of sp³-hybridized carbons (Fsp3) is 0.304. The number of anilines is 1. The number of hydrogen-bond donors (Lipinski definition) is 2. The van der Waals surface area contributed by atoms with E-state index >= 15 is 0 Å². The Balaban J connectivity index is 1.87. The zero-order valence-electron chi connectivity index (χ0n) is 16.8. The van der Waals surface area contributed by atoms with E-state index in [-0.39, 0.29) is 11.9 Å². The maximum Gasteiger partial charge on any atom is 0.262 e. The summed E-state index contributed by atoms with van der Waals surface area (Å²) in [6.45, 7) is 10.2. The summed E-state index contributed by atoms with van der Waals surface area (Å²) in [6.07, 6.45) is 3.70. The number of rotatable bonds is 7. The van der Waals surface area contributed by atoms with E-state index in [0.29, 0.717) is 5.92 Å². The van der Waals surface area contributed by atoms with Crippen LogP contribution in [0.25, 0.3) is 6.08 Å². The standard InChI is InChI=1S/C23H29N3O/c1-16(2)21-10-8-20(9-11-21)14-18(4)15-24-26-23(27)19(5)25-22-12-6-17(3)7-13-22/h6-16,19,25H,1-5H3,(H,26,27)/b18-14-,24-15?/t19-/m0/s1. The number of amides is 1. The number of hydrogen-bond acceptors (Lipinski definition) is 3. The van der Waals surface area contributed by atoms with E-state index in [1.165, 1.54) is 11.1 Å². The summed E-state index contributed by atoms with van der Waals surface area (Å²) in [5, 5.41) is 7.22. The van der Waals surface area contributed by atoms with E-state index in [2.05, 4.69) is 54.0 Å². The first-order valence-electron chi connectivity index (χ1n) is 9.29. The molecule has 0 saturated carbocycles. The molecule has 0 saturated heterocycles. The van der Waals surface area contributed by atoms with Gasteiger partial charge in [0.15, 0.2) is 0 Å². The molecular formula is C23H29N3O. The molecule has 0 fully saturated rings. The van der Waals surface area contributed by atoms with E-state index in [9.17, 15) is 4.79 Å². The smallest absolute Gasteiger partial charge is 0.262 e. The van der Waals surface area contributed by atoms with Gasteiger partial charge in [-0.25, -0.2) is 5.43 Å². The average molecular weight is 364 g/mol. The Bertz CT molecular complexity index is 803. The lowest BCUT2D eigenvalue weighted by Crippen LogP contribution is -2.34. The minimum Gasteiger partial charge on any atom is -0.374 e. The molecule has 142 valence electrons. The Kier molecular flexibility index (Phi) is 7.35. The van der Waals surface area contributed by atoms with Crippen molar-refractivity contribution >= 4 is 23.9 Å². The number of hydrazone groups is 1. The molecule has 0 spiro atoms. The van der Waals surface area contributed by atoms with Crippen LogP contribution in [0.4, 0.5) is 5.69 Å². The van der Waals surface area contributed by atoms with Crippen LogP contribution >= 0.6 is 0 Å². The number of carbonyl (C=O) groups excluding carboxylic acids is 1. The predicted molar refractivity (Wildman–Crippen MR) is 115 cm³/mol. The molecule has 27 heavy (non-hydrogen) atoms. The highest BCUT2D eigenvalue weighted by molar-refractivity contribution is 5.88. The first-order valence-corrected chi connectivity index (χ1v) is 9.29. The molecule has 1 atom stereocenters. The fourth-order valence-corrected chi connectivity index (χ4v) is 2.54. The molecule has 2 aromatic rings. The van der Waals surface area contributed by atoms with Gasteiger partial charge < -0.3 is 5.32 Å². The van der Waals surface area contributed by atoms with E-state index in [1.54, 1.807) is 6.21 Å². The van der Waals surface area contributed by atoms with Crippen molar-refractivity contribution in [3.8, 4) is 0 Å². The van der Waals surface area contributed by atoms with Gasteiger partial charge in [0, 0.05) is 5.69 Å². The molecule has 0 aliphatic rings. The van der Waals surface area contributed by atoms with Gasteiger partial charge in [0.25, 0.3) is 5.91 Å². The lowest BCUT2D eigenvalue weighted by Gasteiger charge is -2.13. The summed E-state index contributed by atoms with van der Waals surface area (Å²) in [6, 6.07) is 16.0. The number of nitrogens with zero attached hydrogens (tertiary/aromatic N) is 1. The van der Waals surface area contributed by atoms with E-state index < -0.39 is 0 Å². The third-order valence-electron chi connectivity index (χ3n) is 4.27. The highest BCUT2D eigenvalue weighted by atomic mass is 16.2. The third-order valence-corrected chi connectivity index (χ3v) is 4.27. The number of benzene rings is 2. The molecule has 0 aromatic heterocycles. The van der Waals surface area contributed by atoms with Gasteiger partial charge in [-0.2, -0.15) is 5.10 Å². The predicted octanol–water partition coefficient (Wildman–Crippen LogP) is 5.12. The van der Waals surface area contributed by atoms with Crippen molar-refractivity contribution in [2.24, 2.45) is 5.10 Å². The van der Waals surface area contributed by atoms with Crippen LogP contribution in [-0.4, -0.2) is 18.2 Å². The minimum absolute atomic E-state index is 0.180. The van der Waals surface area contributed by atoms with Gasteiger partial charge in [0.05, 0.1) is 6.21 Å². The summed E-state index contributed by atoms with van der Waals surface area (Å²) in [5.74, 6) is 0.345. The number of allylic oxidation sites excluding steroid dienone is 1. The first kappa shape index (κ1) is 20.4. The van der Waals surface area contributed by atoms with E-state index in [0.717, 1.165) is 16.8 Å². The maximum atomic E-state index is 12.1. The van der Waals surface area contributed by atoms with E-state index in [4.69, 9.17) is 0 Å². The second-order valence-electron chi connectivity index (χ2n) is 7.18. The maximum absolute atomic E-state index is 12.1. The molecule has 2 rings (SSSR count). The molecule has 2 aromatic carbocycles. The van der Waals surface area contributed by atoms with Crippen LogP contribution < -0.4 is 10.7 Å². The Hall–Kier alpha value is -2.88. The number of carbonyl (C=O) groups is 1. The molecule has 0 aliphatic heterocycles.